The molecule has 1 atom stereocenters. The highest BCUT2D eigenvalue weighted by Gasteiger charge is 2.23. The van der Waals surface area contributed by atoms with Gasteiger partial charge in [0.25, 0.3) is 0 Å². The molecule has 7 heteroatoms. The summed E-state index contributed by atoms with van der Waals surface area (Å²) in [5, 5.41) is 5.83. The van der Waals surface area contributed by atoms with Crippen molar-refractivity contribution in [1.29, 1.82) is 0 Å². The normalized spacial score (nSPS) is 17.1. The predicted molar refractivity (Wildman–Crippen MR) is 98.4 cm³/mol. The van der Waals surface area contributed by atoms with E-state index in [1.54, 1.807) is 4.90 Å². The number of hydrogen-bond donors (Lipinski definition) is 2. The number of pyridine rings is 1. The molecule has 0 bridgehead atoms. The Kier molecular flexibility index (Phi) is 7.03. The summed E-state index contributed by atoms with van der Waals surface area (Å²) in [6, 6.07) is 3.94. The van der Waals surface area contributed by atoms with Gasteiger partial charge in [0.05, 0.1) is 0 Å². The Morgan fingerprint density at radius 1 is 1.32 bits per heavy atom. The number of nitrogens with zero attached hydrogens (tertiary/aromatic N) is 3. The van der Waals surface area contributed by atoms with E-state index in [-0.39, 0.29) is 18.0 Å². The number of piperidine rings is 1. The van der Waals surface area contributed by atoms with Gasteiger partial charge in [-0.25, -0.2) is 9.78 Å². The highest BCUT2D eigenvalue weighted by molar-refractivity contribution is 5.75. The molecule has 25 heavy (non-hydrogen) atoms. The Labute approximate surface area is 149 Å². The van der Waals surface area contributed by atoms with Gasteiger partial charge in [-0.1, -0.05) is 6.07 Å². The highest BCUT2D eigenvalue weighted by atomic mass is 16.2. The van der Waals surface area contributed by atoms with E-state index in [0.29, 0.717) is 13.1 Å². The first-order valence-corrected chi connectivity index (χ1v) is 9.03. The molecule has 0 aliphatic carbocycles. The minimum Gasteiger partial charge on any atom is -0.357 e. The summed E-state index contributed by atoms with van der Waals surface area (Å²) < 4.78 is 0. The monoisotopic (exact) mass is 347 g/mol. The van der Waals surface area contributed by atoms with Crippen molar-refractivity contribution in [3.63, 3.8) is 0 Å². The molecule has 0 aromatic carbocycles. The summed E-state index contributed by atoms with van der Waals surface area (Å²) >= 11 is 0. The number of anilines is 1. The van der Waals surface area contributed by atoms with Crippen molar-refractivity contribution in [1.82, 2.24) is 20.5 Å². The lowest BCUT2D eigenvalue weighted by Gasteiger charge is -2.33. The first-order chi connectivity index (χ1) is 12.0. The van der Waals surface area contributed by atoms with Crippen LogP contribution < -0.4 is 15.5 Å². The number of amides is 3. The number of nitrogens with one attached hydrogen (secondary N) is 2. The average molecular weight is 347 g/mol. The fraction of sp³-hybridized carbons (Fsp3) is 0.611. The summed E-state index contributed by atoms with van der Waals surface area (Å²) in [7, 11) is 0. The van der Waals surface area contributed by atoms with Crippen molar-refractivity contribution in [3.8, 4) is 0 Å². The standard InChI is InChI=1S/C18H29N5O2/c1-4-22(5-2)17-9-8-15(11-19-17)12-20-18(25)23-10-6-7-16(13-23)21-14(3)24/h8-9,11,16H,4-7,10,12-13H2,1-3H3,(H,20,25)(H,21,24)/t16-/m1/s1. The molecule has 7 nitrogen and oxygen atoms in total. The quantitative estimate of drug-likeness (QED) is 0.822. The molecular weight excluding hydrogens is 318 g/mol. The topological polar surface area (TPSA) is 77.6 Å². The smallest absolute Gasteiger partial charge is 0.317 e. The lowest BCUT2D eigenvalue weighted by molar-refractivity contribution is -0.119. The molecule has 0 spiro atoms. The Morgan fingerprint density at radius 2 is 2.08 bits per heavy atom. The summed E-state index contributed by atoms with van der Waals surface area (Å²) in [4.78, 5) is 31.9. The maximum Gasteiger partial charge on any atom is 0.317 e. The molecule has 1 aromatic heterocycles. The molecule has 1 saturated heterocycles. The van der Waals surface area contributed by atoms with Gasteiger partial charge in [-0.05, 0) is 38.3 Å². The summed E-state index contributed by atoms with van der Waals surface area (Å²) in [5.74, 6) is 0.904. The third kappa shape index (κ3) is 5.62. The second kappa shape index (κ2) is 9.25. The van der Waals surface area contributed by atoms with E-state index in [1.807, 2.05) is 18.3 Å². The fourth-order valence-corrected chi connectivity index (χ4v) is 3.11. The Balaban J connectivity index is 1.84. The highest BCUT2D eigenvalue weighted by Crippen LogP contribution is 2.12. The van der Waals surface area contributed by atoms with Gasteiger partial charge < -0.3 is 20.4 Å². The van der Waals surface area contributed by atoms with Crippen molar-refractivity contribution in [2.45, 2.75) is 46.2 Å². The van der Waals surface area contributed by atoms with Gasteiger partial charge in [-0.3, -0.25) is 4.79 Å². The zero-order chi connectivity index (χ0) is 18.2. The number of aromatic nitrogens is 1. The van der Waals surface area contributed by atoms with E-state index < -0.39 is 0 Å². The minimum absolute atomic E-state index is 0.0482. The summed E-state index contributed by atoms with van der Waals surface area (Å²) in [6.45, 7) is 9.29. The molecule has 0 radical (unpaired) electrons. The van der Waals surface area contributed by atoms with E-state index in [1.165, 1.54) is 6.92 Å². The molecule has 2 rings (SSSR count). The van der Waals surface area contributed by atoms with Gasteiger partial charge in [-0.2, -0.15) is 0 Å². The average Bonchev–Trinajstić information content (AvgIpc) is 2.61. The molecule has 2 heterocycles. The van der Waals surface area contributed by atoms with E-state index in [0.717, 1.165) is 43.9 Å². The van der Waals surface area contributed by atoms with Crippen LogP contribution >= 0.6 is 0 Å². The van der Waals surface area contributed by atoms with Crippen LogP contribution in [0.3, 0.4) is 0 Å². The van der Waals surface area contributed by atoms with Crippen LogP contribution in [0.4, 0.5) is 10.6 Å². The van der Waals surface area contributed by atoms with E-state index in [9.17, 15) is 9.59 Å². The molecule has 1 aromatic rings. The second-order valence-electron chi connectivity index (χ2n) is 6.34. The van der Waals surface area contributed by atoms with Crippen LogP contribution in [-0.2, 0) is 11.3 Å². The van der Waals surface area contributed by atoms with Crippen LogP contribution in [0.1, 0.15) is 39.2 Å². The van der Waals surface area contributed by atoms with Gasteiger partial charge in [0, 0.05) is 51.9 Å². The maximum atomic E-state index is 12.3. The van der Waals surface area contributed by atoms with Crippen LogP contribution in [0, 0.1) is 0 Å². The van der Waals surface area contributed by atoms with E-state index in [4.69, 9.17) is 0 Å². The number of likely N-dealkylation sites (tertiary alicyclic amines) is 1. The molecule has 1 aliphatic rings. The molecule has 3 amide bonds. The van der Waals surface area contributed by atoms with Gasteiger partial charge in [-0.15, -0.1) is 0 Å². The van der Waals surface area contributed by atoms with Crippen molar-refractivity contribution >= 4 is 17.8 Å². The predicted octanol–water partition coefficient (Wildman–Crippen LogP) is 1.74. The Morgan fingerprint density at radius 3 is 2.68 bits per heavy atom. The lowest BCUT2D eigenvalue weighted by atomic mass is 10.1. The van der Waals surface area contributed by atoms with Gasteiger partial charge >= 0.3 is 6.03 Å². The third-order valence-corrected chi connectivity index (χ3v) is 4.46. The van der Waals surface area contributed by atoms with Crippen molar-refractivity contribution in [2.24, 2.45) is 0 Å². The molecule has 0 unspecified atom stereocenters. The summed E-state index contributed by atoms with van der Waals surface area (Å²) in [6.07, 6.45) is 3.63. The van der Waals surface area contributed by atoms with Gasteiger partial charge in [0.1, 0.15) is 5.82 Å². The molecular formula is C18H29N5O2. The van der Waals surface area contributed by atoms with Crippen LogP contribution in [0.2, 0.25) is 0 Å². The Bertz CT molecular complexity index is 571. The third-order valence-electron chi connectivity index (χ3n) is 4.46. The van der Waals surface area contributed by atoms with Crippen LogP contribution in [0.5, 0.6) is 0 Å². The first kappa shape index (κ1) is 19.0. The maximum absolute atomic E-state index is 12.3. The molecule has 1 fully saturated rings. The SMILES string of the molecule is CCN(CC)c1ccc(CNC(=O)N2CCC[C@@H](NC(C)=O)C2)cn1. The molecule has 0 saturated carbocycles. The van der Waals surface area contributed by atoms with Crippen molar-refractivity contribution in [2.75, 3.05) is 31.1 Å². The Hall–Kier alpha value is -2.31. The largest absolute Gasteiger partial charge is 0.357 e. The van der Waals surface area contributed by atoms with Crippen LogP contribution in [-0.4, -0.2) is 54.0 Å². The number of carbonyl (C=O) groups excluding carboxylic acids is 2. The van der Waals surface area contributed by atoms with E-state index >= 15 is 0 Å². The zero-order valence-electron chi connectivity index (χ0n) is 15.4. The number of hydrogen-bond acceptors (Lipinski definition) is 4. The first-order valence-electron chi connectivity index (χ1n) is 9.03. The van der Waals surface area contributed by atoms with E-state index in [2.05, 4.69) is 34.4 Å². The number of rotatable bonds is 6. The van der Waals surface area contributed by atoms with Crippen LogP contribution in [0.15, 0.2) is 18.3 Å². The number of carbonyl (C=O) groups is 2. The van der Waals surface area contributed by atoms with Crippen molar-refractivity contribution in [3.05, 3.63) is 23.9 Å². The fourth-order valence-electron chi connectivity index (χ4n) is 3.11. The van der Waals surface area contributed by atoms with Crippen molar-refractivity contribution < 1.29 is 9.59 Å². The second-order valence-corrected chi connectivity index (χ2v) is 6.34. The molecule has 1 aliphatic heterocycles. The lowest BCUT2D eigenvalue weighted by Crippen LogP contribution is -2.51. The summed E-state index contributed by atoms with van der Waals surface area (Å²) in [5.41, 5.74) is 0.972. The molecule has 2 N–H and O–H groups in total. The molecule has 138 valence electrons. The van der Waals surface area contributed by atoms with Gasteiger partial charge in [0.2, 0.25) is 5.91 Å². The minimum atomic E-state index is -0.0946. The van der Waals surface area contributed by atoms with Gasteiger partial charge in [0.15, 0.2) is 0 Å². The number of urea groups is 1. The van der Waals surface area contributed by atoms with Crippen LogP contribution in [0.25, 0.3) is 0 Å². The zero-order valence-corrected chi connectivity index (χ0v) is 15.4.